The van der Waals surface area contributed by atoms with Gasteiger partial charge in [0.1, 0.15) is 0 Å². The van der Waals surface area contributed by atoms with Crippen LogP contribution in [-0.2, 0) is 6.54 Å². The molecule has 35 heavy (non-hydrogen) atoms. The first-order valence-electron chi connectivity index (χ1n) is 11.6. The number of benzene rings is 2. The number of carbonyl (C=O) groups excluding carboxylic acids is 2. The number of carbonyl (C=O) groups is 2. The second kappa shape index (κ2) is 9.89. The van der Waals surface area contributed by atoms with Crippen LogP contribution in [0.25, 0.3) is 10.2 Å². The zero-order valence-electron chi connectivity index (χ0n) is 19.8. The Morgan fingerprint density at radius 2 is 1.77 bits per heavy atom. The van der Waals surface area contributed by atoms with E-state index < -0.39 is 0 Å². The molecular formula is C26H28N6O2S. The Morgan fingerprint density at radius 1 is 1.06 bits per heavy atom. The van der Waals surface area contributed by atoms with Crippen LogP contribution in [0.4, 0.5) is 11.5 Å². The number of nitrogens with zero attached hydrogens (tertiary/aromatic N) is 4. The lowest BCUT2D eigenvalue weighted by atomic mass is 10.1. The summed E-state index contributed by atoms with van der Waals surface area (Å²) in [6, 6.07) is 19.3. The van der Waals surface area contributed by atoms with Crippen LogP contribution in [0.3, 0.4) is 0 Å². The van der Waals surface area contributed by atoms with Gasteiger partial charge in [0.2, 0.25) is 0 Å². The molecule has 2 aromatic carbocycles. The van der Waals surface area contributed by atoms with E-state index in [1.165, 1.54) is 11.3 Å². The van der Waals surface area contributed by atoms with Gasteiger partial charge in [-0.1, -0.05) is 30.3 Å². The Bertz CT molecular complexity index is 1320. The van der Waals surface area contributed by atoms with Crippen molar-refractivity contribution in [3.63, 3.8) is 0 Å². The van der Waals surface area contributed by atoms with E-state index in [0.29, 0.717) is 22.8 Å². The van der Waals surface area contributed by atoms with Gasteiger partial charge in [0, 0.05) is 51.0 Å². The van der Waals surface area contributed by atoms with Gasteiger partial charge in [-0.15, -0.1) is 11.3 Å². The predicted molar refractivity (Wildman–Crippen MR) is 140 cm³/mol. The normalized spacial score (nSPS) is 14.3. The molecule has 0 atom stereocenters. The van der Waals surface area contributed by atoms with Crippen LogP contribution in [0.5, 0.6) is 0 Å². The van der Waals surface area contributed by atoms with E-state index in [0.717, 1.165) is 47.6 Å². The van der Waals surface area contributed by atoms with Crippen molar-refractivity contribution in [3.8, 4) is 0 Å². The maximum absolute atomic E-state index is 13.0. The molecule has 8 nitrogen and oxygen atoms in total. The third kappa shape index (κ3) is 5.06. The van der Waals surface area contributed by atoms with Gasteiger partial charge in [0.15, 0.2) is 5.82 Å². The molecule has 1 fully saturated rings. The van der Waals surface area contributed by atoms with Crippen LogP contribution in [0, 0.1) is 0 Å². The van der Waals surface area contributed by atoms with Crippen LogP contribution < -0.4 is 10.2 Å². The number of piperazine rings is 1. The minimum absolute atomic E-state index is 0.0692. The molecule has 1 saturated heterocycles. The fourth-order valence-corrected chi connectivity index (χ4v) is 5.24. The molecule has 2 aromatic heterocycles. The van der Waals surface area contributed by atoms with Crippen molar-refractivity contribution in [2.75, 3.05) is 50.5 Å². The van der Waals surface area contributed by atoms with Gasteiger partial charge >= 0.3 is 0 Å². The summed E-state index contributed by atoms with van der Waals surface area (Å²) in [7, 11) is 3.92. The Kier molecular flexibility index (Phi) is 6.52. The topological polar surface area (TPSA) is 84.6 Å². The first-order valence-corrected chi connectivity index (χ1v) is 12.4. The number of rotatable bonds is 6. The van der Waals surface area contributed by atoms with Gasteiger partial charge in [0.25, 0.3) is 11.8 Å². The van der Waals surface area contributed by atoms with E-state index in [1.54, 1.807) is 18.0 Å². The fourth-order valence-electron chi connectivity index (χ4n) is 4.19. The van der Waals surface area contributed by atoms with Crippen LogP contribution >= 0.6 is 11.3 Å². The fraction of sp³-hybridized carbons (Fsp3) is 0.269. The van der Waals surface area contributed by atoms with Gasteiger partial charge in [-0.3, -0.25) is 14.7 Å². The average Bonchev–Trinajstić information content (AvgIpc) is 3.46. The second-order valence-corrected chi connectivity index (χ2v) is 9.92. The molecule has 3 heterocycles. The predicted octanol–water partition coefficient (Wildman–Crippen LogP) is 3.90. The highest BCUT2D eigenvalue weighted by Crippen LogP contribution is 2.31. The van der Waals surface area contributed by atoms with Crippen molar-refractivity contribution >= 4 is 44.9 Å². The molecule has 0 unspecified atom stereocenters. The third-order valence-electron chi connectivity index (χ3n) is 6.29. The van der Waals surface area contributed by atoms with E-state index in [2.05, 4.69) is 32.4 Å². The number of fused-ring (bicyclic) bond motifs is 1. The number of hydrogen-bond donors (Lipinski definition) is 2. The number of likely N-dealkylation sites (N-methyl/N-ethyl adjacent to an activating group) is 1. The SMILES string of the molecule is CN1CCN(c2ccc(C(=O)Nc3n[nH]c4cc(C(=O)N(C)Cc5ccccc5)sc34)cc2)CC1. The lowest BCUT2D eigenvalue weighted by Gasteiger charge is -2.34. The van der Waals surface area contributed by atoms with E-state index >= 15 is 0 Å². The van der Waals surface area contributed by atoms with Crippen molar-refractivity contribution in [2.24, 2.45) is 0 Å². The number of nitrogens with one attached hydrogen (secondary N) is 2. The molecule has 9 heteroatoms. The van der Waals surface area contributed by atoms with Crippen LogP contribution in [0.1, 0.15) is 25.6 Å². The Morgan fingerprint density at radius 3 is 2.49 bits per heavy atom. The van der Waals surface area contributed by atoms with E-state index in [4.69, 9.17) is 0 Å². The quantitative estimate of drug-likeness (QED) is 0.430. The van der Waals surface area contributed by atoms with E-state index in [9.17, 15) is 9.59 Å². The van der Waals surface area contributed by atoms with Gasteiger partial charge in [-0.2, -0.15) is 5.10 Å². The molecule has 0 bridgehead atoms. The first-order chi connectivity index (χ1) is 17.0. The average molecular weight is 489 g/mol. The molecule has 4 aromatic rings. The molecule has 2 N–H and O–H groups in total. The van der Waals surface area contributed by atoms with Gasteiger partial charge in [0.05, 0.1) is 15.1 Å². The molecule has 1 aliphatic rings. The minimum Gasteiger partial charge on any atom is -0.369 e. The minimum atomic E-state index is -0.231. The number of thiophene rings is 1. The Labute approximate surface area is 208 Å². The molecule has 1 aliphatic heterocycles. The molecule has 0 aliphatic carbocycles. The van der Waals surface area contributed by atoms with Crippen molar-refractivity contribution < 1.29 is 9.59 Å². The summed E-state index contributed by atoms with van der Waals surface area (Å²) in [6.45, 7) is 4.55. The maximum atomic E-state index is 13.0. The summed E-state index contributed by atoms with van der Waals surface area (Å²) in [5.41, 5.74) is 3.48. The largest absolute Gasteiger partial charge is 0.369 e. The first kappa shape index (κ1) is 23.1. The van der Waals surface area contributed by atoms with Crippen molar-refractivity contribution in [2.45, 2.75) is 6.54 Å². The second-order valence-electron chi connectivity index (χ2n) is 8.86. The zero-order chi connectivity index (χ0) is 24.4. The highest BCUT2D eigenvalue weighted by Gasteiger charge is 2.20. The highest BCUT2D eigenvalue weighted by molar-refractivity contribution is 7.21. The van der Waals surface area contributed by atoms with Crippen molar-refractivity contribution in [1.82, 2.24) is 20.0 Å². The number of aromatic amines is 1. The summed E-state index contributed by atoms with van der Waals surface area (Å²) in [6.07, 6.45) is 0. The van der Waals surface area contributed by atoms with Crippen LogP contribution in [0.15, 0.2) is 60.7 Å². The van der Waals surface area contributed by atoms with Gasteiger partial charge in [-0.25, -0.2) is 0 Å². The molecule has 0 radical (unpaired) electrons. The summed E-state index contributed by atoms with van der Waals surface area (Å²) in [5.74, 6) is 0.133. The molecule has 2 amide bonds. The summed E-state index contributed by atoms with van der Waals surface area (Å²) in [5, 5.41) is 10.1. The van der Waals surface area contributed by atoms with Crippen molar-refractivity contribution in [3.05, 3.63) is 76.7 Å². The highest BCUT2D eigenvalue weighted by atomic mass is 32.1. The number of hydrogen-bond acceptors (Lipinski definition) is 6. The molecule has 5 rings (SSSR count). The number of anilines is 2. The number of amides is 2. The smallest absolute Gasteiger partial charge is 0.264 e. The standard InChI is InChI=1S/C26H28N6O2S/c1-30-12-14-32(15-13-30)20-10-8-19(9-11-20)25(33)27-24-23-21(28-29-24)16-22(35-23)26(34)31(2)17-18-6-4-3-5-7-18/h3-11,16H,12-15,17H2,1-2H3,(H2,27,28,29,33). The zero-order valence-corrected chi connectivity index (χ0v) is 20.6. The van der Waals surface area contributed by atoms with E-state index in [1.807, 2.05) is 54.6 Å². The van der Waals surface area contributed by atoms with E-state index in [-0.39, 0.29) is 11.8 Å². The Hall–Kier alpha value is -3.69. The van der Waals surface area contributed by atoms with Gasteiger partial charge < -0.3 is 20.0 Å². The van der Waals surface area contributed by atoms with Crippen LogP contribution in [-0.4, -0.2) is 72.1 Å². The number of H-pyrrole nitrogens is 1. The van der Waals surface area contributed by atoms with Gasteiger partial charge in [-0.05, 0) is 42.9 Å². The molecular weight excluding hydrogens is 460 g/mol. The molecule has 0 spiro atoms. The molecule has 180 valence electrons. The lowest BCUT2D eigenvalue weighted by molar-refractivity contribution is 0.0789. The summed E-state index contributed by atoms with van der Waals surface area (Å²) in [4.78, 5) is 32.8. The maximum Gasteiger partial charge on any atom is 0.264 e. The van der Waals surface area contributed by atoms with Crippen LogP contribution in [0.2, 0.25) is 0 Å². The lowest BCUT2D eigenvalue weighted by Crippen LogP contribution is -2.44. The number of aromatic nitrogens is 2. The Balaban J connectivity index is 1.26. The summed E-state index contributed by atoms with van der Waals surface area (Å²) < 4.78 is 0.754. The molecule has 0 saturated carbocycles. The summed E-state index contributed by atoms with van der Waals surface area (Å²) >= 11 is 1.33. The monoisotopic (exact) mass is 488 g/mol. The third-order valence-corrected chi connectivity index (χ3v) is 7.41. The van der Waals surface area contributed by atoms with Crippen molar-refractivity contribution in [1.29, 1.82) is 0 Å².